The zero-order chi connectivity index (χ0) is 29.5. The number of allylic oxidation sites excluding steroid dienone is 2. The lowest BCUT2D eigenvalue weighted by Crippen LogP contribution is -2.46. The van der Waals surface area contributed by atoms with E-state index in [0.29, 0.717) is 12.8 Å². The predicted octanol–water partition coefficient (Wildman–Crippen LogP) is 8.92. The second-order valence-corrected chi connectivity index (χ2v) is 12.1. The van der Waals surface area contributed by atoms with Crippen molar-refractivity contribution < 1.29 is 20.1 Å². The van der Waals surface area contributed by atoms with E-state index in [1.54, 1.807) is 0 Å². The normalized spacial score (nSPS) is 14.0. The third-order valence-electron chi connectivity index (χ3n) is 8.08. The van der Waals surface area contributed by atoms with Gasteiger partial charge in [-0.3, -0.25) is 4.79 Å². The zero-order valence-electron chi connectivity index (χ0n) is 26.7. The first-order chi connectivity index (χ1) is 19.5. The summed E-state index contributed by atoms with van der Waals surface area (Å²) in [4.78, 5) is 12.3. The summed E-state index contributed by atoms with van der Waals surface area (Å²) in [5.74, 6) is -0.301. The molecule has 0 radical (unpaired) electrons. The first-order valence-electron chi connectivity index (χ1n) is 17.5. The van der Waals surface area contributed by atoms with Gasteiger partial charge in [0.1, 0.15) is 0 Å². The van der Waals surface area contributed by atoms with E-state index >= 15 is 0 Å². The Bertz CT molecular complexity index is 554. The highest BCUT2D eigenvalue weighted by Crippen LogP contribution is 2.15. The van der Waals surface area contributed by atoms with E-state index in [1.165, 1.54) is 116 Å². The van der Waals surface area contributed by atoms with Crippen LogP contribution in [0.15, 0.2) is 12.2 Å². The molecule has 0 aromatic carbocycles. The van der Waals surface area contributed by atoms with E-state index in [4.69, 9.17) is 0 Å². The number of nitrogens with one attached hydrogen (secondary N) is 1. The highest BCUT2D eigenvalue weighted by Gasteiger charge is 2.21. The Morgan fingerprint density at radius 2 is 1.02 bits per heavy atom. The Balaban J connectivity index is 3.72. The van der Waals surface area contributed by atoms with E-state index in [1.807, 2.05) is 0 Å². The van der Waals surface area contributed by atoms with Gasteiger partial charge < -0.3 is 20.6 Å². The molecule has 4 N–H and O–H groups in total. The summed E-state index contributed by atoms with van der Waals surface area (Å²) in [5.41, 5.74) is 0. The van der Waals surface area contributed by atoms with Crippen LogP contribution in [-0.2, 0) is 4.79 Å². The highest BCUT2D eigenvalue weighted by atomic mass is 16.3. The molecule has 0 aromatic heterocycles. The maximum absolute atomic E-state index is 12.3. The van der Waals surface area contributed by atoms with Crippen molar-refractivity contribution in [1.29, 1.82) is 0 Å². The number of rotatable bonds is 31. The van der Waals surface area contributed by atoms with Crippen molar-refractivity contribution in [1.82, 2.24) is 5.32 Å². The molecule has 0 aliphatic carbocycles. The van der Waals surface area contributed by atoms with Crippen LogP contribution in [0.25, 0.3) is 0 Å². The molecular formula is C35H69NO4. The smallest absolute Gasteiger partial charge is 0.222 e. The second-order valence-electron chi connectivity index (χ2n) is 12.1. The number of amides is 1. The van der Waals surface area contributed by atoms with Crippen LogP contribution in [-0.4, -0.2) is 46.1 Å². The number of unbranched alkanes of at least 4 members (excludes halogenated alkanes) is 20. The molecule has 5 nitrogen and oxygen atoms in total. The van der Waals surface area contributed by atoms with Crippen LogP contribution in [0.4, 0.5) is 0 Å². The maximum Gasteiger partial charge on any atom is 0.222 e. The number of carbonyl (C=O) groups is 1. The van der Waals surface area contributed by atoms with Crippen molar-refractivity contribution in [3.05, 3.63) is 12.2 Å². The Morgan fingerprint density at radius 1 is 0.600 bits per heavy atom. The molecule has 0 spiro atoms. The first-order valence-corrected chi connectivity index (χ1v) is 17.5. The fourth-order valence-corrected chi connectivity index (χ4v) is 5.34. The molecule has 238 valence electrons. The summed E-state index contributed by atoms with van der Waals surface area (Å²) < 4.78 is 0. The lowest BCUT2D eigenvalue weighted by Gasteiger charge is -2.23. The Hall–Kier alpha value is -0.910. The fourth-order valence-electron chi connectivity index (χ4n) is 5.34. The topological polar surface area (TPSA) is 89.8 Å². The van der Waals surface area contributed by atoms with Gasteiger partial charge in [0.05, 0.1) is 31.3 Å². The molecule has 0 saturated heterocycles. The third-order valence-corrected chi connectivity index (χ3v) is 8.08. The summed E-state index contributed by atoms with van der Waals surface area (Å²) in [5, 5.41) is 33.1. The van der Waals surface area contributed by atoms with Gasteiger partial charge in [0, 0.05) is 0 Å². The molecule has 0 saturated carbocycles. The van der Waals surface area contributed by atoms with Crippen molar-refractivity contribution in [3.63, 3.8) is 0 Å². The highest BCUT2D eigenvalue weighted by molar-refractivity contribution is 5.76. The van der Waals surface area contributed by atoms with Crippen LogP contribution in [0.5, 0.6) is 0 Å². The lowest BCUT2D eigenvalue weighted by molar-refractivity contribution is -0.125. The molecule has 40 heavy (non-hydrogen) atoms. The average molecular weight is 568 g/mol. The molecule has 0 aliphatic heterocycles. The van der Waals surface area contributed by atoms with Gasteiger partial charge in [0.2, 0.25) is 5.91 Å². The van der Waals surface area contributed by atoms with Crippen LogP contribution in [0.2, 0.25) is 0 Å². The van der Waals surface area contributed by atoms with Gasteiger partial charge in [-0.15, -0.1) is 0 Å². The molecule has 0 fully saturated rings. The lowest BCUT2D eigenvalue weighted by atomic mass is 10.0. The van der Waals surface area contributed by atoms with Gasteiger partial charge in [0.25, 0.3) is 0 Å². The fraction of sp³-hybridized carbons (Fsp3) is 0.914. The van der Waals surface area contributed by atoms with E-state index in [0.717, 1.165) is 32.1 Å². The van der Waals surface area contributed by atoms with Gasteiger partial charge >= 0.3 is 0 Å². The Kier molecular flexibility index (Phi) is 30.3. The van der Waals surface area contributed by atoms with Crippen molar-refractivity contribution in [2.24, 2.45) is 0 Å². The molecule has 0 rings (SSSR count). The zero-order valence-corrected chi connectivity index (χ0v) is 26.7. The van der Waals surface area contributed by atoms with E-state index in [9.17, 15) is 20.1 Å². The minimum atomic E-state index is -0.750. The van der Waals surface area contributed by atoms with Gasteiger partial charge in [0.15, 0.2) is 0 Å². The second kappa shape index (κ2) is 31.0. The van der Waals surface area contributed by atoms with E-state index in [2.05, 4.69) is 31.3 Å². The molecule has 5 heteroatoms. The molecule has 3 unspecified atom stereocenters. The van der Waals surface area contributed by atoms with Crippen molar-refractivity contribution in [2.75, 3.05) is 6.61 Å². The number of aliphatic hydroxyl groups is 3. The predicted molar refractivity (Wildman–Crippen MR) is 172 cm³/mol. The number of hydrogen-bond acceptors (Lipinski definition) is 4. The molecule has 0 bridgehead atoms. The summed E-state index contributed by atoms with van der Waals surface area (Å²) >= 11 is 0. The quantitative estimate of drug-likeness (QED) is 0.0497. The molecule has 3 atom stereocenters. The van der Waals surface area contributed by atoms with Crippen LogP contribution in [0, 0.1) is 0 Å². The van der Waals surface area contributed by atoms with Crippen LogP contribution >= 0.6 is 0 Å². The molecule has 1 amide bonds. The molecule has 0 heterocycles. The van der Waals surface area contributed by atoms with Crippen LogP contribution in [0.3, 0.4) is 0 Å². The van der Waals surface area contributed by atoms with Crippen molar-refractivity contribution in [3.8, 4) is 0 Å². The minimum Gasteiger partial charge on any atom is -0.394 e. The Morgan fingerprint density at radius 3 is 1.50 bits per heavy atom. The van der Waals surface area contributed by atoms with Crippen molar-refractivity contribution >= 4 is 5.91 Å². The SMILES string of the molecule is CCCCCCCC/C=C\CCCC(O)CC(=O)NC(CO)C(O)CCCCCCCCCCCCCCCC. The van der Waals surface area contributed by atoms with E-state index < -0.39 is 18.2 Å². The number of aliphatic hydroxyl groups excluding tert-OH is 3. The number of carbonyl (C=O) groups excluding carboxylic acids is 1. The van der Waals surface area contributed by atoms with E-state index in [-0.39, 0.29) is 18.9 Å². The first kappa shape index (κ1) is 39.1. The average Bonchev–Trinajstić information content (AvgIpc) is 2.94. The maximum atomic E-state index is 12.3. The summed E-state index contributed by atoms with van der Waals surface area (Å²) in [6.45, 7) is 4.22. The van der Waals surface area contributed by atoms with Gasteiger partial charge in [-0.25, -0.2) is 0 Å². The van der Waals surface area contributed by atoms with Crippen LogP contribution in [0.1, 0.15) is 181 Å². The molecular weight excluding hydrogens is 498 g/mol. The van der Waals surface area contributed by atoms with Crippen LogP contribution < -0.4 is 5.32 Å². The number of hydrogen-bond donors (Lipinski definition) is 4. The third kappa shape index (κ3) is 27.3. The minimum absolute atomic E-state index is 0.0174. The Labute approximate surface area is 249 Å². The van der Waals surface area contributed by atoms with Gasteiger partial charge in [-0.1, -0.05) is 148 Å². The van der Waals surface area contributed by atoms with Gasteiger partial charge in [-0.2, -0.15) is 0 Å². The summed E-state index contributed by atoms with van der Waals surface area (Å²) in [6, 6.07) is -0.661. The van der Waals surface area contributed by atoms with Crippen molar-refractivity contribution in [2.45, 2.75) is 199 Å². The monoisotopic (exact) mass is 568 g/mol. The molecule has 0 aliphatic rings. The largest absolute Gasteiger partial charge is 0.394 e. The molecule has 0 aromatic rings. The standard InChI is InChI=1S/C35H69NO4/c1-3-5-7-9-11-13-15-16-17-19-21-23-25-27-29-34(39)33(31-37)36-35(40)30-32(38)28-26-24-22-20-18-14-12-10-8-6-4-2/h20,22,32-34,37-39H,3-19,21,23-31H2,1-2H3,(H,36,40)/b22-20-. The summed E-state index contributed by atoms with van der Waals surface area (Å²) in [7, 11) is 0. The van der Waals surface area contributed by atoms with Gasteiger partial charge in [-0.05, 0) is 38.5 Å². The summed E-state index contributed by atoms with van der Waals surface area (Å²) in [6.07, 6.45) is 33.0.